The van der Waals surface area contributed by atoms with Crippen LogP contribution in [0, 0.1) is 0 Å². The number of rotatable bonds is 1. The summed E-state index contributed by atoms with van der Waals surface area (Å²) in [5.41, 5.74) is 0.247. The summed E-state index contributed by atoms with van der Waals surface area (Å²) in [4.78, 5) is 11.7. The number of methoxy groups -OCH3 is 1. The van der Waals surface area contributed by atoms with Gasteiger partial charge in [-0.2, -0.15) is 0 Å². The van der Waals surface area contributed by atoms with E-state index in [1.807, 2.05) is 0 Å². The van der Waals surface area contributed by atoms with Gasteiger partial charge < -0.3 is 19.4 Å². The predicted octanol–water partition coefficient (Wildman–Crippen LogP) is 2.32. The van der Waals surface area contributed by atoms with Crippen molar-refractivity contribution in [2.75, 3.05) is 7.11 Å². The van der Waals surface area contributed by atoms with Gasteiger partial charge in [0, 0.05) is 6.07 Å². The molecule has 19 heavy (non-hydrogen) atoms. The molecule has 0 aromatic heterocycles. The molecule has 0 unspecified atom stereocenters. The first-order valence-electron chi connectivity index (χ1n) is 5.57. The topological polar surface area (TPSA) is 79.9 Å². The Hall–Kier alpha value is -2.69. The standard InChI is InChI=1S/C14H10O5/c1-18-14-11(17)6-10(16)8-5-7-9(15)3-2-4-12(7)19-13(8)14/h2-6,15-16H,1H3. The van der Waals surface area contributed by atoms with Gasteiger partial charge in [-0.25, -0.2) is 0 Å². The third kappa shape index (κ3) is 1.59. The second kappa shape index (κ2) is 3.91. The van der Waals surface area contributed by atoms with Gasteiger partial charge >= 0.3 is 0 Å². The van der Waals surface area contributed by atoms with E-state index in [1.54, 1.807) is 18.2 Å². The summed E-state index contributed by atoms with van der Waals surface area (Å²) in [5, 5.41) is 20.0. The Morgan fingerprint density at radius 1 is 1.16 bits per heavy atom. The van der Waals surface area contributed by atoms with Crippen LogP contribution in [0.4, 0.5) is 0 Å². The lowest BCUT2D eigenvalue weighted by atomic mass is 10.1. The largest absolute Gasteiger partial charge is 0.507 e. The van der Waals surface area contributed by atoms with Crippen molar-refractivity contribution in [2.45, 2.75) is 0 Å². The fraction of sp³-hybridized carbons (Fsp3) is 0.0714. The van der Waals surface area contributed by atoms with E-state index < -0.39 is 5.43 Å². The summed E-state index contributed by atoms with van der Waals surface area (Å²) in [5.74, 6) is 0.00561. The lowest BCUT2D eigenvalue weighted by Crippen LogP contribution is -2.06. The molecule has 0 radical (unpaired) electrons. The maximum atomic E-state index is 11.7. The number of ether oxygens (including phenoxy) is 1. The van der Waals surface area contributed by atoms with Crippen molar-refractivity contribution >= 4 is 11.0 Å². The van der Waals surface area contributed by atoms with E-state index in [0.29, 0.717) is 16.5 Å². The molecule has 2 N–H and O–H groups in total. The van der Waals surface area contributed by atoms with Gasteiger partial charge in [0.25, 0.3) is 0 Å². The van der Waals surface area contributed by atoms with Crippen molar-refractivity contribution in [3.8, 4) is 28.6 Å². The normalized spacial score (nSPS) is 11.0. The van der Waals surface area contributed by atoms with Gasteiger partial charge in [0.15, 0.2) is 5.76 Å². The van der Waals surface area contributed by atoms with Crippen LogP contribution in [-0.2, 0) is 0 Å². The summed E-state index contributed by atoms with van der Waals surface area (Å²) < 4.78 is 10.6. The van der Waals surface area contributed by atoms with Crippen molar-refractivity contribution in [2.24, 2.45) is 0 Å². The van der Waals surface area contributed by atoms with E-state index in [0.717, 1.165) is 6.07 Å². The summed E-state index contributed by atoms with van der Waals surface area (Å²) >= 11 is 0. The summed E-state index contributed by atoms with van der Waals surface area (Å²) in [7, 11) is 1.36. The van der Waals surface area contributed by atoms with Gasteiger partial charge in [0.2, 0.25) is 11.2 Å². The van der Waals surface area contributed by atoms with Gasteiger partial charge in [-0.05, 0) is 18.2 Å². The van der Waals surface area contributed by atoms with Crippen LogP contribution in [0.2, 0.25) is 0 Å². The van der Waals surface area contributed by atoms with Crippen LogP contribution in [0.1, 0.15) is 0 Å². The highest BCUT2D eigenvalue weighted by Gasteiger charge is 2.21. The zero-order valence-corrected chi connectivity index (χ0v) is 10.0. The van der Waals surface area contributed by atoms with Gasteiger partial charge in [0.05, 0.1) is 18.1 Å². The zero-order chi connectivity index (χ0) is 13.6. The van der Waals surface area contributed by atoms with E-state index in [-0.39, 0.29) is 23.0 Å². The molecule has 1 heterocycles. The van der Waals surface area contributed by atoms with E-state index in [1.165, 1.54) is 13.2 Å². The van der Waals surface area contributed by atoms with E-state index in [9.17, 15) is 15.0 Å². The molecule has 0 saturated carbocycles. The zero-order valence-electron chi connectivity index (χ0n) is 10.0. The SMILES string of the molecule is COc1c2oc3cccc(O)c3cc-2c(O)cc1=O. The van der Waals surface area contributed by atoms with Gasteiger partial charge in [-0.3, -0.25) is 4.79 Å². The van der Waals surface area contributed by atoms with Crippen molar-refractivity contribution in [3.63, 3.8) is 0 Å². The summed E-state index contributed by atoms with van der Waals surface area (Å²) in [6.45, 7) is 0. The Balaban J connectivity index is 2.54. The molecule has 1 aromatic rings. The lowest BCUT2D eigenvalue weighted by molar-refractivity contribution is 0.395. The average Bonchev–Trinajstić information content (AvgIpc) is 2.38. The van der Waals surface area contributed by atoms with Crippen LogP contribution in [-0.4, -0.2) is 17.3 Å². The fourth-order valence-corrected chi connectivity index (χ4v) is 2.07. The molecule has 0 spiro atoms. The number of fused-ring (bicyclic) bond motifs is 2. The number of benzene rings is 2. The van der Waals surface area contributed by atoms with Crippen LogP contribution >= 0.6 is 0 Å². The van der Waals surface area contributed by atoms with Crippen LogP contribution in [0.3, 0.4) is 0 Å². The summed E-state index contributed by atoms with van der Waals surface area (Å²) in [6.07, 6.45) is 0. The van der Waals surface area contributed by atoms with Gasteiger partial charge in [0.1, 0.15) is 17.1 Å². The third-order valence-electron chi connectivity index (χ3n) is 2.97. The van der Waals surface area contributed by atoms with E-state index in [4.69, 9.17) is 9.15 Å². The minimum atomic E-state index is -0.462. The van der Waals surface area contributed by atoms with Crippen molar-refractivity contribution in [3.05, 3.63) is 40.6 Å². The average molecular weight is 258 g/mol. The Labute approximate surface area is 107 Å². The maximum Gasteiger partial charge on any atom is 0.228 e. The fourth-order valence-electron chi connectivity index (χ4n) is 2.07. The Morgan fingerprint density at radius 3 is 2.68 bits per heavy atom. The number of phenolic OH excluding ortho intramolecular Hbond substituents is 2. The molecule has 3 rings (SSSR count). The molecule has 0 saturated heterocycles. The lowest BCUT2D eigenvalue weighted by Gasteiger charge is -2.12. The minimum absolute atomic E-state index is 0.0260. The molecule has 1 aliphatic carbocycles. The van der Waals surface area contributed by atoms with Crippen molar-refractivity contribution in [1.82, 2.24) is 0 Å². The Kier molecular flexibility index (Phi) is 2.35. The molecule has 5 heteroatoms. The second-order valence-electron chi connectivity index (χ2n) is 4.11. The smallest absolute Gasteiger partial charge is 0.228 e. The first-order chi connectivity index (χ1) is 9.11. The van der Waals surface area contributed by atoms with Gasteiger partial charge in [-0.15, -0.1) is 0 Å². The van der Waals surface area contributed by atoms with Crippen LogP contribution in [0.5, 0.6) is 17.2 Å². The molecule has 2 aliphatic rings. The molecule has 5 nitrogen and oxygen atoms in total. The van der Waals surface area contributed by atoms with Crippen molar-refractivity contribution < 1.29 is 19.4 Å². The molecule has 0 amide bonds. The highest BCUT2D eigenvalue weighted by molar-refractivity contribution is 5.90. The number of phenols is 2. The monoisotopic (exact) mass is 258 g/mol. The first-order valence-corrected chi connectivity index (χ1v) is 5.57. The highest BCUT2D eigenvalue weighted by Crippen LogP contribution is 2.40. The van der Waals surface area contributed by atoms with Crippen LogP contribution in [0.15, 0.2) is 39.5 Å². The molecule has 1 aliphatic heterocycles. The maximum absolute atomic E-state index is 11.7. The molecular formula is C14H10O5. The number of hydrogen-bond acceptors (Lipinski definition) is 5. The molecule has 1 aromatic carbocycles. The summed E-state index contributed by atoms with van der Waals surface area (Å²) in [6, 6.07) is 7.41. The van der Waals surface area contributed by atoms with E-state index in [2.05, 4.69) is 0 Å². The molecule has 96 valence electrons. The van der Waals surface area contributed by atoms with Crippen LogP contribution in [0.25, 0.3) is 22.3 Å². The number of hydrogen-bond donors (Lipinski definition) is 2. The van der Waals surface area contributed by atoms with Crippen LogP contribution < -0.4 is 10.2 Å². The van der Waals surface area contributed by atoms with Crippen molar-refractivity contribution in [1.29, 1.82) is 0 Å². The third-order valence-corrected chi connectivity index (χ3v) is 2.97. The minimum Gasteiger partial charge on any atom is -0.507 e. The second-order valence-corrected chi connectivity index (χ2v) is 4.11. The molecule has 0 fully saturated rings. The highest BCUT2D eigenvalue weighted by atomic mass is 16.5. The molecule has 0 atom stereocenters. The quantitative estimate of drug-likeness (QED) is 0.655. The predicted molar refractivity (Wildman–Crippen MR) is 69.0 cm³/mol. The first kappa shape index (κ1) is 11.4. The Bertz CT molecular complexity index is 803. The molecular weight excluding hydrogens is 248 g/mol. The Morgan fingerprint density at radius 2 is 1.95 bits per heavy atom. The van der Waals surface area contributed by atoms with Gasteiger partial charge in [-0.1, -0.05) is 6.07 Å². The van der Waals surface area contributed by atoms with E-state index >= 15 is 0 Å². The molecule has 0 bridgehead atoms. The number of aromatic hydroxyl groups is 2.